The highest BCUT2D eigenvalue weighted by atomic mass is 16.2. The Balaban J connectivity index is 1.49. The first-order valence-electron chi connectivity index (χ1n) is 13.5. The number of hydrogen-bond donors (Lipinski definition) is 2. The van der Waals surface area contributed by atoms with Crippen molar-refractivity contribution in [2.24, 2.45) is 0 Å². The predicted molar refractivity (Wildman–Crippen MR) is 163 cm³/mol. The number of anilines is 1. The lowest BCUT2D eigenvalue weighted by atomic mass is 10.1. The number of nitrogens with one attached hydrogen (secondary N) is 2. The maximum Gasteiger partial charge on any atom is 0.318 e. The fraction of sp³-hybridized carbons (Fsp3) is 0.182. The number of hydrogen-bond acceptors (Lipinski definition) is 4. The standard InChI is InChI=1S/C33H34N6O2/c1-34-33(41)35-28-17-14-26(15-18-28)31-29(23-37(2)20-24-10-6-4-7-11-24)39-22-27(16-19-30(39)36-31)32(40)38(3)21-25-12-8-5-9-13-25/h4-19,22H,20-21,23H2,1-3H3,(H2,34,35,41). The molecule has 2 aromatic heterocycles. The maximum absolute atomic E-state index is 13.4. The number of carbonyl (C=O) groups is 2. The molecule has 0 radical (unpaired) electrons. The van der Waals surface area contributed by atoms with Gasteiger partial charge in [0.15, 0.2) is 0 Å². The number of nitrogens with zero attached hydrogens (tertiary/aromatic N) is 4. The minimum atomic E-state index is -0.275. The highest BCUT2D eigenvalue weighted by molar-refractivity contribution is 5.94. The second kappa shape index (κ2) is 12.5. The van der Waals surface area contributed by atoms with Crippen molar-refractivity contribution in [3.05, 3.63) is 126 Å². The molecule has 8 nitrogen and oxygen atoms in total. The van der Waals surface area contributed by atoms with E-state index in [2.05, 4.69) is 34.7 Å². The van der Waals surface area contributed by atoms with Gasteiger partial charge in [0, 0.05) is 51.2 Å². The number of imidazole rings is 1. The maximum atomic E-state index is 13.4. The molecule has 0 unspecified atom stereocenters. The lowest BCUT2D eigenvalue weighted by molar-refractivity contribution is 0.0784. The number of fused-ring (bicyclic) bond motifs is 1. The number of carbonyl (C=O) groups excluding carboxylic acids is 2. The fourth-order valence-electron chi connectivity index (χ4n) is 4.86. The van der Waals surface area contributed by atoms with Gasteiger partial charge in [-0.15, -0.1) is 0 Å². The molecule has 0 fully saturated rings. The SMILES string of the molecule is CNC(=O)Nc1ccc(-c2nc3ccc(C(=O)N(C)Cc4ccccc4)cn3c2CN(C)Cc2ccccc2)cc1. The van der Waals surface area contributed by atoms with Gasteiger partial charge in [-0.1, -0.05) is 72.8 Å². The molecule has 0 aliphatic carbocycles. The van der Waals surface area contributed by atoms with Crippen LogP contribution in [-0.4, -0.2) is 52.3 Å². The van der Waals surface area contributed by atoms with Crippen molar-refractivity contribution in [1.82, 2.24) is 24.5 Å². The van der Waals surface area contributed by atoms with Crippen molar-refractivity contribution in [2.75, 3.05) is 26.5 Å². The molecule has 0 aliphatic rings. The topological polar surface area (TPSA) is 82.0 Å². The summed E-state index contributed by atoms with van der Waals surface area (Å²) < 4.78 is 2.02. The van der Waals surface area contributed by atoms with Crippen molar-refractivity contribution in [3.63, 3.8) is 0 Å². The number of aromatic nitrogens is 2. The summed E-state index contributed by atoms with van der Waals surface area (Å²) in [5, 5.41) is 5.35. The van der Waals surface area contributed by atoms with Crippen LogP contribution in [0.4, 0.5) is 10.5 Å². The average Bonchev–Trinajstić information content (AvgIpc) is 3.35. The van der Waals surface area contributed by atoms with E-state index in [-0.39, 0.29) is 11.9 Å². The van der Waals surface area contributed by atoms with Gasteiger partial charge in [0.1, 0.15) is 5.65 Å². The van der Waals surface area contributed by atoms with Crippen molar-refractivity contribution < 1.29 is 9.59 Å². The highest BCUT2D eigenvalue weighted by Crippen LogP contribution is 2.28. The van der Waals surface area contributed by atoms with Crippen LogP contribution < -0.4 is 10.6 Å². The quantitative estimate of drug-likeness (QED) is 0.250. The molecular formula is C33H34N6O2. The molecule has 0 spiro atoms. The molecule has 5 rings (SSSR count). The van der Waals surface area contributed by atoms with E-state index in [9.17, 15) is 9.59 Å². The molecule has 3 aromatic carbocycles. The molecule has 0 atom stereocenters. The lowest BCUT2D eigenvalue weighted by Crippen LogP contribution is -2.26. The largest absolute Gasteiger partial charge is 0.341 e. The summed E-state index contributed by atoms with van der Waals surface area (Å²) >= 11 is 0. The fourth-order valence-corrected chi connectivity index (χ4v) is 4.86. The third-order valence-corrected chi connectivity index (χ3v) is 6.93. The number of pyridine rings is 1. The third-order valence-electron chi connectivity index (χ3n) is 6.93. The van der Waals surface area contributed by atoms with Crippen LogP contribution in [-0.2, 0) is 19.6 Å². The van der Waals surface area contributed by atoms with E-state index in [4.69, 9.17) is 4.98 Å². The van der Waals surface area contributed by atoms with E-state index in [1.54, 1.807) is 11.9 Å². The van der Waals surface area contributed by atoms with E-state index >= 15 is 0 Å². The first-order chi connectivity index (χ1) is 19.9. The van der Waals surface area contributed by atoms with Gasteiger partial charge >= 0.3 is 6.03 Å². The molecule has 8 heteroatoms. The smallest absolute Gasteiger partial charge is 0.318 e. The first-order valence-corrected chi connectivity index (χ1v) is 13.5. The third kappa shape index (κ3) is 6.62. The Kier molecular flexibility index (Phi) is 8.41. The van der Waals surface area contributed by atoms with Gasteiger partial charge < -0.3 is 19.9 Å². The summed E-state index contributed by atoms with van der Waals surface area (Å²) in [6, 6.07) is 31.4. The summed E-state index contributed by atoms with van der Waals surface area (Å²) in [7, 11) is 5.48. The van der Waals surface area contributed by atoms with Crippen LogP contribution in [0, 0.1) is 0 Å². The average molecular weight is 547 g/mol. The van der Waals surface area contributed by atoms with E-state index in [1.165, 1.54) is 5.56 Å². The van der Waals surface area contributed by atoms with Gasteiger partial charge in [-0.2, -0.15) is 0 Å². The van der Waals surface area contributed by atoms with E-state index < -0.39 is 0 Å². The van der Waals surface area contributed by atoms with Crippen LogP contribution in [0.15, 0.2) is 103 Å². The first kappa shape index (κ1) is 27.6. The summed E-state index contributed by atoms with van der Waals surface area (Å²) in [6.45, 7) is 1.90. The Morgan fingerprint density at radius 2 is 1.41 bits per heavy atom. The van der Waals surface area contributed by atoms with Gasteiger partial charge in [-0.3, -0.25) is 9.69 Å². The Hall–Kier alpha value is -4.95. The highest BCUT2D eigenvalue weighted by Gasteiger charge is 2.19. The minimum Gasteiger partial charge on any atom is -0.341 e. The zero-order valence-electron chi connectivity index (χ0n) is 23.5. The summed E-state index contributed by atoms with van der Waals surface area (Å²) in [4.78, 5) is 34.1. The minimum absolute atomic E-state index is 0.0563. The van der Waals surface area contributed by atoms with Gasteiger partial charge in [0.25, 0.3) is 5.91 Å². The summed E-state index contributed by atoms with van der Waals surface area (Å²) in [5.41, 5.74) is 7.07. The van der Waals surface area contributed by atoms with Crippen molar-refractivity contribution in [3.8, 4) is 11.3 Å². The van der Waals surface area contributed by atoms with Crippen molar-refractivity contribution in [1.29, 1.82) is 0 Å². The van der Waals surface area contributed by atoms with Crippen LogP contribution in [0.5, 0.6) is 0 Å². The molecule has 0 aliphatic heterocycles. The van der Waals surface area contributed by atoms with Gasteiger partial charge in [-0.25, -0.2) is 9.78 Å². The van der Waals surface area contributed by atoms with Crippen LogP contribution in [0.25, 0.3) is 16.9 Å². The van der Waals surface area contributed by atoms with Gasteiger partial charge in [0.2, 0.25) is 0 Å². The van der Waals surface area contributed by atoms with E-state index in [0.29, 0.717) is 24.3 Å². The number of urea groups is 1. The lowest BCUT2D eigenvalue weighted by Gasteiger charge is -2.19. The molecule has 0 saturated carbocycles. The summed E-state index contributed by atoms with van der Waals surface area (Å²) in [5.74, 6) is -0.0563. The normalized spacial score (nSPS) is 11.0. The molecular weight excluding hydrogens is 512 g/mol. The van der Waals surface area contributed by atoms with E-state index in [1.807, 2.05) is 103 Å². The zero-order chi connectivity index (χ0) is 28.8. The molecule has 5 aromatic rings. The Morgan fingerprint density at radius 3 is 2.05 bits per heavy atom. The number of amides is 3. The number of rotatable bonds is 9. The monoisotopic (exact) mass is 546 g/mol. The second-order valence-corrected chi connectivity index (χ2v) is 10.1. The van der Waals surface area contributed by atoms with Gasteiger partial charge in [-0.05, 0) is 42.4 Å². The van der Waals surface area contributed by atoms with Gasteiger partial charge in [0.05, 0.1) is 17.0 Å². The van der Waals surface area contributed by atoms with Crippen LogP contribution in [0.1, 0.15) is 27.2 Å². The Bertz CT molecular complexity index is 1630. The molecule has 208 valence electrons. The van der Waals surface area contributed by atoms with E-state index in [0.717, 1.165) is 34.7 Å². The predicted octanol–water partition coefficient (Wildman–Crippen LogP) is 5.66. The molecule has 3 amide bonds. The van der Waals surface area contributed by atoms with Crippen molar-refractivity contribution >= 4 is 23.3 Å². The Labute approximate surface area is 240 Å². The van der Waals surface area contributed by atoms with Crippen molar-refractivity contribution in [2.45, 2.75) is 19.6 Å². The molecule has 0 saturated heterocycles. The molecule has 2 N–H and O–H groups in total. The molecule has 41 heavy (non-hydrogen) atoms. The Morgan fingerprint density at radius 1 is 0.780 bits per heavy atom. The van der Waals surface area contributed by atoms with Crippen LogP contribution in [0.2, 0.25) is 0 Å². The number of benzene rings is 3. The molecule has 0 bridgehead atoms. The second-order valence-electron chi connectivity index (χ2n) is 10.1. The van der Waals surface area contributed by atoms with Crippen LogP contribution in [0.3, 0.4) is 0 Å². The summed E-state index contributed by atoms with van der Waals surface area (Å²) in [6.07, 6.45) is 1.89. The van der Waals surface area contributed by atoms with Crippen LogP contribution >= 0.6 is 0 Å². The zero-order valence-corrected chi connectivity index (χ0v) is 23.5. The molecule has 2 heterocycles.